The summed E-state index contributed by atoms with van der Waals surface area (Å²) in [5, 5.41) is 12.4. The first-order valence-corrected chi connectivity index (χ1v) is 8.73. The quantitative estimate of drug-likeness (QED) is 0.704. The molecule has 1 fully saturated rings. The van der Waals surface area contributed by atoms with Gasteiger partial charge < -0.3 is 16.2 Å². The van der Waals surface area contributed by atoms with Crippen LogP contribution in [0, 0.1) is 5.92 Å². The predicted molar refractivity (Wildman–Crippen MR) is 79.6 cm³/mol. The summed E-state index contributed by atoms with van der Waals surface area (Å²) in [5.41, 5.74) is 6.09. The number of hydrogen-bond acceptors (Lipinski definition) is 5. The SMILES string of the molecule is CS(=O)(=O)c1cc(N)cc(C(=O)NCC2CCCC2O)c1. The van der Waals surface area contributed by atoms with Crippen molar-refractivity contribution < 1.29 is 18.3 Å². The number of amides is 1. The lowest BCUT2D eigenvalue weighted by atomic mass is 10.1. The fraction of sp³-hybridized carbons (Fsp3) is 0.500. The van der Waals surface area contributed by atoms with Crippen molar-refractivity contribution in [2.24, 2.45) is 5.92 Å². The molecule has 2 unspecified atom stereocenters. The van der Waals surface area contributed by atoms with Crippen molar-refractivity contribution in [2.45, 2.75) is 30.3 Å². The van der Waals surface area contributed by atoms with Crippen LogP contribution in [-0.4, -0.2) is 38.3 Å². The van der Waals surface area contributed by atoms with Crippen LogP contribution in [0.15, 0.2) is 23.1 Å². The lowest BCUT2D eigenvalue weighted by Crippen LogP contribution is -2.32. The van der Waals surface area contributed by atoms with Gasteiger partial charge in [0.15, 0.2) is 9.84 Å². The molecule has 1 aromatic rings. The van der Waals surface area contributed by atoms with E-state index in [-0.39, 0.29) is 34.1 Å². The molecule has 2 atom stereocenters. The number of nitrogens with two attached hydrogens (primary N) is 1. The molecule has 7 heteroatoms. The van der Waals surface area contributed by atoms with Crippen LogP contribution >= 0.6 is 0 Å². The van der Waals surface area contributed by atoms with E-state index in [1.54, 1.807) is 0 Å². The number of carbonyl (C=O) groups is 1. The minimum Gasteiger partial charge on any atom is -0.399 e. The summed E-state index contributed by atoms with van der Waals surface area (Å²) in [7, 11) is -3.42. The third-order valence-corrected chi connectivity index (χ3v) is 4.85. The van der Waals surface area contributed by atoms with Gasteiger partial charge in [-0.2, -0.15) is 0 Å². The zero-order chi connectivity index (χ0) is 15.6. The Morgan fingerprint density at radius 3 is 2.67 bits per heavy atom. The van der Waals surface area contributed by atoms with Crippen LogP contribution < -0.4 is 11.1 Å². The summed E-state index contributed by atoms with van der Waals surface area (Å²) < 4.78 is 23.1. The van der Waals surface area contributed by atoms with Gasteiger partial charge in [0.25, 0.3) is 5.91 Å². The first-order chi connectivity index (χ1) is 9.77. The number of aliphatic hydroxyl groups is 1. The van der Waals surface area contributed by atoms with E-state index in [1.165, 1.54) is 18.2 Å². The highest BCUT2D eigenvalue weighted by atomic mass is 32.2. The van der Waals surface area contributed by atoms with E-state index >= 15 is 0 Å². The second-order valence-corrected chi connectivity index (χ2v) is 7.55. The van der Waals surface area contributed by atoms with Gasteiger partial charge in [-0.05, 0) is 31.0 Å². The minimum atomic E-state index is -3.42. The largest absolute Gasteiger partial charge is 0.399 e. The first kappa shape index (κ1) is 15.8. The fourth-order valence-electron chi connectivity index (χ4n) is 2.55. The van der Waals surface area contributed by atoms with Crippen LogP contribution in [0.2, 0.25) is 0 Å². The van der Waals surface area contributed by atoms with E-state index in [9.17, 15) is 18.3 Å². The van der Waals surface area contributed by atoms with Crippen molar-refractivity contribution in [3.05, 3.63) is 23.8 Å². The molecule has 116 valence electrons. The van der Waals surface area contributed by atoms with Crippen LogP contribution in [0.25, 0.3) is 0 Å². The van der Waals surface area contributed by atoms with Gasteiger partial charge in [-0.3, -0.25) is 4.79 Å². The molecule has 1 saturated carbocycles. The Labute approximate surface area is 124 Å². The predicted octanol–water partition coefficient (Wildman–Crippen LogP) is 0.563. The Balaban J connectivity index is 2.10. The molecule has 1 aliphatic rings. The molecular formula is C14H20N2O4S. The van der Waals surface area contributed by atoms with Gasteiger partial charge in [0.1, 0.15) is 0 Å². The molecule has 21 heavy (non-hydrogen) atoms. The molecule has 0 aromatic heterocycles. The molecule has 0 bridgehead atoms. The number of nitrogens with one attached hydrogen (secondary N) is 1. The normalized spacial score (nSPS) is 22.2. The van der Waals surface area contributed by atoms with Gasteiger partial charge in [0.2, 0.25) is 0 Å². The van der Waals surface area contributed by atoms with Gasteiger partial charge in [-0.15, -0.1) is 0 Å². The molecular weight excluding hydrogens is 292 g/mol. The van der Waals surface area contributed by atoms with Gasteiger partial charge in [-0.25, -0.2) is 8.42 Å². The summed E-state index contributed by atoms with van der Waals surface area (Å²) in [6.07, 6.45) is 3.29. The highest BCUT2D eigenvalue weighted by Crippen LogP contribution is 2.25. The molecule has 2 rings (SSSR count). The molecule has 0 spiro atoms. The van der Waals surface area contributed by atoms with Gasteiger partial charge in [-0.1, -0.05) is 6.42 Å². The van der Waals surface area contributed by atoms with Crippen molar-refractivity contribution in [3.8, 4) is 0 Å². The number of benzene rings is 1. The number of sulfone groups is 1. The lowest BCUT2D eigenvalue weighted by molar-refractivity contribution is 0.0916. The zero-order valence-corrected chi connectivity index (χ0v) is 12.7. The van der Waals surface area contributed by atoms with Crippen LogP contribution in [0.4, 0.5) is 5.69 Å². The molecule has 4 N–H and O–H groups in total. The molecule has 1 aliphatic carbocycles. The highest BCUT2D eigenvalue weighted by Gasteiger charge is 2.25. The number of carbonyl (C=O) groups excluding carboxylic acids is 1. The number of rotatable bonds is 4. The summed E-state index contributed by atoms with van der Waals surface area (Å²) in [6, 6.07) is 4.08. The van der Waals surface area contributed by atoms with E-state index in [0.29, 0.717) is 6.54 Å². The third-order valence-electron chi connectivity index (χ3n) is 3.76. The summed E-state index contributed by atoms with van der Waals surface area (Å²) in [6.45, 7) is 0.378. The van der Waals surface area contributed by atoms with Crippen molar-refractivity contribution in [2.75, 3.05) is 18.5 Å². The third kappa shape index (κ3) is 3.95. The van der Waals surface area contributed by atoms with E-state index < -0.39 is 9.84 Å². The molecule has 6 nitrogen and oxygen atoms in total. The Morgan fingerprint density at radius 1 is 1.38 bits per heavy atom. The van der Waals surface area contributed by atoms with Crippen LogP contribution in [0.3, 0.4) is 0 Å². The van der Waals surface area contributed by atoms with E-state index in [2.05, 4.69) is 5.32 Å². The maximum absolute atomic E-state index is 12.1. The van der Waals surface area contributed by atoms with Gasteiger partial charge in [0.05, 0.1) is 11.0 Å². The standard InChI is InChI=1S/C14H20N2O4S/c1-21(19,20)12-6-10(5-11(15)7-12)14(18)16-8-9-3-2-4-13(9)17/h5-7,9,13,17H,2-4,8,15H2,1H3,(H,16,18). The second kappa shape index (κ2) is 6.03. The van der Waals surface area contributed by atoms with Crippen molar-refractivity contribution in [1.82, 2.24) is 5.32 Å². The van der Waals surface area contributed by atoms with Crippen LogP contribution in [-0.2, 0) is 9.84 Å². The number of nitrogen functional groups attached to an aromatic ring is 1. The summed E-state index contributed by atoms with van der Waals surface area (Å²) in [5.74, 6) is -0.323. The monoisotopic (exact) mass is 312 g/mol. The van der Waals surface area contributed by atoms with Gasteiger partial charge >= 0.3 is 0 Å². The maximum Gasteiger partial charge on any atom is 0.251 e. The Morgan fingerprint density at radius 2 is 2.10 bits per heavy atom. The molecule has 1 amide bonds. The van der Waals surface area contributed by atoms with E-state index in [4.69, 9.17) is 5.73 Å². The van der Waals surface area contributed by atoms with Crippen LogP contribution in [0.1, 0.15) is 29.6 Å². The second-order valence-electron chi connectivity index (χ2n) is 5.53. The minimum absolute atomic E-state index is 0.0218. The average Bonchev–Trinajstić information content (AvgIpc) is 2.79. The Hall–Kier alpha value is -1.60. The van der Waals surface area contributed by atoms with Crippen molar-refractivity contribution >= 4 is 21.4 Å². The van der Waals surface area contributed by atoms with E-state index in [1.807, 2.05) is 0 Å². The van der Waals surface area contributed by atoms with Crippen molar-refractivity contribution in [3.63, 3.8) is 0 Å². The van der Waals surface area contributed by atoms with Gasteiger partial charge in [0, 0.05) is 30.0 Å². The highest BCUT2D eigenvalue weighted by molar-refractivity contribution is 7.90. The topological polar surface area (TPSA) is 109 Å². The fourth-order valence-corrected chi connectivity index (χ4v) is 3.24. The Bertz CT molecular complexity index is 642. The number of aliphatic hydroxyl groups excluding tert-OH is 1. The first-order valence-electron chi connectivity index (χ1n) is 6.84. The van der Waals surface area contributed by atoms with Crippen LogP contribution in [0.5, 0.6) is 0 Å². The Kier molecular flexibility index (Phi) is 4.53. The lowest BCUT2D eigenvalue weighted by Gasteiger charge is -2.15. The smallest absolute Gasteiger partial charge is 0.251 e. The number of anilines is 1. The zero-order valence-electron chi connectivity index (χ0n) is 11.9. The van der Waals surface area contributed by atoms with Crippen molar-refractivity contribution in [1.29, 1.82) is 0 Å². The molecule has 0 radical (unpaired) electrons. The maximum atomic E-state index is 12.1. The molecule has 0 saturated heterocycles. The summed E-state index contributed by atoms with van der Waals surface area (Å²) >= 11 is 0. The van der Waals surface area contributed by atoms with E-state index in [0.717, 1.165) is 25.5 Å². The summed E-state index contributed by atoms with van der Waals surface area (Å²) in [4.78, 5) is 12.1. The molecule has 1 aromatic carbocycles. The average molecular weight is 312 g/mol. The molecule has 0 aliphatic heterocycles. The molecule has 0 heterocycles. The number of hydrogen-bond donors (Lipinski definition) is 3.